The average molecular weight is 478 g/mol. The first-order chi connectivity index (χ1) is 12.8. The van der Waals surface area contributed by atoms with Crippen LogP contribution in [-0.2, 0) is 19.6 Å². The van der Waals surface area contributed by atoms with Crippen LogP contribution in [0, 0.1) is 5.92 Å². The lowest BCUT2D eigenvalue weighted by atomic mass is 9.96. The van der Waals surface area contributed by atoms with Gasteiger partial charge >= 0.3 is 0 Å². The van der Waals surface area contributed by atoms with E-state index in [0.29, 0.717) is 43.4 Å². The fourth-order valence-electron chi connectivity index (χ4n) is 3.60. The molecule has 0 aromatic carbocycles. The fraction of sp³-hybridized carbons (Fsp3) is 0.647. The molecular weight excluding hydrogens is 454 g/mol. The standard InChI is InChI=1S/C17H24BrN3O4S2/c1-2-15(22)20-7-3-4-13(12-20)17(23)19-8-10-21(11-9-19)27(24,25)16-6-5-14(18)26-16/h5-6,13H,2-4,7-12H2,1H3. The number of halogens is 1. The Morgan fingerprint density at radius 1 is 1.15 bits per heavy atom. The predicted octanol–water partition coefficient (Wildman–Crippen LogP) is 1.99. The number of hydrogen-bond acceptors (Lipinski definition) is 5. The molecule has 2 aliphatic heterocycles. The van der Waals surface area contributed by atoms with E-state index in [4.69, 9.17) is 0 Å². The number of piperazine rings is 1. The Hall–Kier alpha value is -0.970. The van der Waals surface area contributed by atoms with Gasteiger partial charge in [-0.2, -0.15) is 4.31 Å². The molecule has 0 radical (unpaired) electrons. The van der Waals surface area contributed by atoms with E-state index < -0.39 is 10.0 Å². The number of piperidine rings is 1. The second-order valence-corrected chi connectivity index (χ2v) is 11.4. The van der Waals surface area contributed by atoms with Gasteiger partial charge in [-0.15, -0.1) is 11.3 Å². The highest BCUT2D eigenvalue weighted by molar-refractivity contribution is 9.11. The summed E-state index contributed by atoms with van der Waals surface area (Å²) in [7, 11) is -3.51. The lowest BCUT2D eigenvalue weighted by molar-refractivity contribution is -0.141. The molecule has 7 nitrogen and oxygen atoms in total. The second kappa shape index (κ2) is 8.59. The highest BCUT2D eigenvalue weighted by Gasteiger charge is 2.35. The molecule has 1 aromatic rings. The maximum atomic E-state index is 12.9. The Balaban J connectivity index is 1.58. The van der Waals surface area contributed by atoms with Gasteiger partial charge in [0.1, 0.15) is 4.21 Å². The van der Waals surface area contributed by atoms with Crippen LogP contribution in [0.2, 0.25) is 0 Å². The molecule has 0 saturated carbocycles. The molecule has 2 aliphatic rings. The number of likely N-dealkylation sites (tertiary alicyclic amines) is 1. The number of rotatable bonds is 4. The van der Waals surface area contributed by atoms with Crippen molar-refractivity contribution in [2.24, 2.45) is 5.92 Å². The summed E-state index contributed by atoms with van der Waals surface area (Å²) in [4.78, 5) is 28.3. The zero-order chi connectivity index (χ0) is 19.6. The van der Waals surface area contributed by atoms with E-state index >= 15 is 0 Å². The summed E-state index contributed by atoms with van der Waals surface area (Å²) >= 11 is 4.49. The number of amides is 2. The zero-order valence-corrected chi connectivity index (χ0v) is 18.5. The molecule has 2 saturated heterocycles. The molecule has 0 N–H and O–H groups in total. The highest BCUT2D eigenvalue weighted by atomic mass is 79.9. The molecule has 3 rings (SSSR count). The first-order valence-corrected chi connectivity index (χ1v) is 12.2. The van der Waals surface area contributed by atoms with Crippen LogP contribution < -0.4 is 0 Å². The van der Waals surface area contributed by atoms with Gasteiger partial charge in [0.2, 0.25) is 11.8 Å². The number of nitrogens with zero attached hydrogens (tertiary/aromatic N) is 3. The van der Waals surface area contributed by atoms with Crippen molar-refractivity contribution in [3.63, 3.8) is 0 Å². The van der Waals surface area contributed by atoms with Gasteiger partial charge < -0.3 is 9.80 Å². The molecular formula is C17H24BrN3O4S2. The quantitative estimate of drug-likeness (QED) is 0.664. The molecule has 2 amide bonds. The predicted molar refractivity (Wildman–Crippen MR) is 107 cm³/mol. The van der Waals surface area contributed by atoms with Crippen LogP contribution in [0.15, 0.2) is 20.1 Å². The number of sulfonamides is 1. The largest absolute Gasteiger partial charge is 0.342 e. The summed E-state index contributed by atoms with van der Waals surface area (Å²) in [5, 5.41) is 0. The Morgan fingerprint density at radius 3 is 2.44 bits per heavy atom. The van der Waals surface area contributed by atoms with Crippen LogP contribution >= 0.6 is 27.3 Å². The number of carbonyl (C=O) groups excluding carboxylic acids is 2. The molecule has 0 aliphatic carbocycles. The van der Waals surface area contributed by atoms with Gasteiger partial charge in [0, 0.05) is 45.7 Å². The lowest BCUT2D eigenvalue weighted by Gasteiger charge is -2.38. The minimum Gasteiger partial charge on any atom is -0.342 e. The van der Waals surface area contributed by atoms with E-state index in [1.54, 1.807) is 21.9 Å². The average Bonchev–Trinajstić information content (AvgIpc) is 3.14. The van der Waals surface area contributed by atoms with Gasteiger partial charge in [-0.25, -0.2) is 8.42 Å². The second-order valence-electron chi connectivity index (χ2n) is 6.82. The van der Waals surface area contributed by atoms with E-state index in [2.05, 4.69) is 15.9 Å². The fourth-order valence-corrected chi connectivity index (χ4v) is 7.19. The maximum Gasteiger partial charge on any atom is 0.252 e. The van der Waals surface area contributed by atoms with E-state index in [9.17, 15) is 18.0 Å². The Morgan fingerprint density at radius 2 is 1.85 bits per heavy atom. The van der Waals surface area contributed by atoms with Gasteiger partial charge in [0.05, 0.1) is 9.70 Å². The maximum absolute atomic E-state index is 12.9. The van der Waals surface area contributed by atoms with Crippen molar-refractivity contribution in [1.29, 1.82) is 0 Å². The van der Waals surface area contributed by atoms with Crippen molar-refractivity contribution in [3.05, 3.63) is 15.9 Å². The SMILES string of the molecule is CCC(=O)N1CCCC(C(=O)N2CCN(S(=O)(=O)c3ccc(Br)s3)CC2)C1. The van der Waals surface area contributed by atoms with Crippen molar-refractivity contribution < 1.29 is 18.0 Å². The smallest absolute Gasteiger partial charge is 0.252 e. The zero-order valence-electron chi connectivity index (χ0n) is 15.3. The van der Waals surface area contributed by atoms with Crippen LogP contribution in [0.5, 0.6) is 0 Å². The lowest BCUT2D eigenvalue weighted by Crippen LogP contribution is -2.53. The van der Waals surface area contributed by atoms with E-state index in [1.807, 2.05) is 6.92 Å². The van der Waals surface area contributed by atoms with Crippen molar-refractivity contribution >= 4 is 49.1 Å². The number of thiophene rings is 1. The van der Waals surface area contributed by atoms with Crippen LogP contribution in [0.25, 0.3) is 0 Å². The minimum absolute atomic E-state index is 0.0412. The Bertz CT molecular complexity index is 803. The monoisotopic (exact) mass is 477 g/mol. The normalized spacial score (nSPS) is 22.1. The van der Waals surface area contributed by atoms with E-state index in [1.165, 1.54) is 15.6 Å². The van der Waals surface area contributed by atoms with Gasteiger partial charge in [-0.1, -0.05) is 6.92 Å². The Kier molecular flexibility index (Phi) is 6.60. The summed E-state index contributed by atoms with van der Waals surface area (Å²) in [5.74, 6) is -0.0456. The van der Waals surface area contributed by atoms with Gasteiger partial charge in [-0.3, -0.25) is 9.59 Å². The molecule has 3 heterocycles. The van der Waals surface area contributed by atoms with Gasteiger partial charge in [0.15, 0.2) is 0 Å². The van der Waals surface area contributed by atoms with Gasteiger partial charge in [0.25, 0.3) is 10.0 Å². The molecule has 1 unspecified atom stereocenters. The van der Waals surface area contributed by atoms with E-state index in [-0.39, 0.29) is 17.7 Å². The molecule has 1 atom stereocenters. The molecule has 150 valence electrons. The summed E-state index contributed by atoms with van der Waals surface area (Å²) in [6.07, 6.45) is 2.08. The molecule has 0 spiro atoms. The molecule has 10 heteroatoms. The third-order valence-electron chi connectivity index (χ3n) is 5.12. The van der Waals surface area contributed by atoms with Crippen LogP contribution in [-0.4, -0.2) is 73.6 Å². The highest BCUT2D eigenvalue weighted by Crippen LogP contribution is 2.29. The van der Waals surface area contributed by atoms with Crippen molar-refractivity contribution in [1.82, 2.24) is 14.1 Å². The molecule has 1 aromatic heterocycles. The summed E-state index contributed by atoms with van der Waals surface area (Å²) in [6, 6.07) is 3.33. The third kappa shape index (κ3) is 4.55. The van der Waals surface area contributed by atoms with Crippen LogP contribution in [0.4, 0.5) is 0 Å². The molecule has 0 bridgehead atoms. The van der Waals surface area contributed by atoms with E-state index in [0.717, 1.165) is 23.2 Å². The molecule has 27 heavy (non-hydrogen) atoms. The third-order valence-corrected chi connectivity index (χ3v) is 9.11. The Labute approximate surface area is 172 Å². The van der Waals surface area contributed by atoms with Crippen molar-refractivity contribution in [2.75, 3.05) is 39.3 Å². The van der Waals surface area contributed by atoms with Crippen LogP contribution in [0.1, 0.15) is 26.2 Å². The number of hydrogen-bond donors (Lipinski definition) is 0. The van der Waals surface area contributed by atoms with Crippen LogP contribution in [0.3, 0.4) is 0 Å². The molecule has 2 fully saturated rings. The first kappa shape index (κ1) is 20.8. The minimum atomic E-state index is -3.51. The number of carbonyl (C=O) groups is 2. The first-order valence-electron chi connectivity index (χ1n) is 9.15. The van der Waals surface area contributed by atoms with Crippen molar-refractivity contribution in [3.8, 4) is 0 Å². The van der Waals surface area contributed by atoms with Crippen molar-refractivity contribution in [2.45, 2.75) is 30.4 Å². The topological polar surface area (TPSA) is 78.0 Å². The summed E-state index contributed by atoms with van der Waals surface area (Å²) < 4.78 is 27.9. The summed E-state index contributed by atoms with van der Waals surface area (Å²) in [6.45, 7) is 4.42. The summed E-state index contributed by atoms with van der Waals surface area (Å²) in [5.41, 5.74) is 0. The van der Waals surface area contributed by atoms with Gasteiger partial charge in [-0.05, 0) is 40.9 Å².